The Bertz CT molecular complexity index is 303. The fourth-order valence-electron chi connectivity index (χ4n) is 2.19. The van der Waals surface area contributed by atoms with Crippen LogP contribution in [0.15, 0.2) is 11.8 Å². The number of carbonyl (C=O) groups is 1. The van der Waals surface area contributed by atoms with Gasteiger partial charge in [-0.05, 0) is 53.0 Å². The molecule has 1 unspecified atom stereocenters. The number of nitrogens with zero attached hydrogens (tertiary/aromatic N) is 1. The van der Waals surface area contributed by atoms with Crippen LogP contribution in [-0.2, 0) is 4.74 Å². The number of hydrogen-bond donors (Lipinski definition) is 1. The Morgan fingerprint density at radius 2 is 1.80 bits per heavy atom. The zero-order chi connectivity index (χ0) is 15.7. The number of aliphatic hydroxyl groups excluding tert-OH is 1. The van der Waals surface area contributed by atoms with Gasteiger partial charge in [0.05, 0.1) is 12.4 Å². The van der Waals surface area contributed by atoms with Gasteiger partial charge in [0, 0.05) is 12.1 Å². The topological polar surface area (TPSA) is 49.8 Å². The molecule has 0 spiro atoms. The van der Waals surface area contributed by atoms with Crippen molar-refractivity contribution in [2.45, 2.75) is 85.4 Å². The predicted molar refractivity (Wildman–Crippen MR) is 82.5 cm³/mol. The van der Waals surface area contributed by atoms with E-state index in [-0.39, 0.29) is 24.3 Å². The highest BCUT2D eigenvalue weighted by molar-refractivity contribution is 5.69. The van der Waals surface area contributed by atoms with Crippen LogP contribution in [0.2, 0.25) is 0 Å². The van der Waals surface area contributed by atoms with Crippen molar-refractivity contribution in [2.75, 3.05) is 0 Å². The van der Waals surface area contributed by atoms with Gasteiger partial charge in [-0.3, -0.25) is 0 Å². The van der Waals surface area contributed by atoms with Crippen LogP contribution in [0.1, 0.15) is 67.2 Å². The Balaban J connectivity index is 4.35. The normalized spacial score (nSPS) is 13.8. The van der Waals surface area contributed by atoms with Crippen molar-refractivity contribution in [3.63, 3.8) is 0 Å². The minimum atomic E-state index is -0.351. The van der Waals surface area contributed by atoms with Crippen molar-refractivity contribution in [3.8, 4) is 0 Å². The average molecular weight is 285 g/mol. The van der Waals surface area contributed by atoms with Gasteiger partial charge in [0.25, 0.3) is 0 Å². The molecule has 0 aromatic heterocycles. The molecular weight excluding hydrogens is 254 g/mol. The second kappa shape index (κ2) is 9.81. The van der Waals surface area contributed by atoms with E-state index < -0.39 is 0 Å². The molecule has 0 aromatic rings. The number of unbranched alkanes of at least 4 members (excludes halogenated alkanes) is 1. The van der Waals surface area contributed by atoms with Gasteiger partial charge >= 0.3 is 6.09 Å². The molecule has 0 aliphatic heterocycles. The van der Waals surface area contributed by atoms with Crippen LogP contribution < -0.4 is 0 Å². The second-order valence-corrected chi connectivity index (χ2v) is 5.94. The lowest BCUT2D eigenvalue weighted by Crippen LogP contribution is -2.41. The summed E-state index contributed by atoms with van der Waals surface area (Å²) >= 11 is 0. The van der Waals surface area contributed by atoms with Gasteiger partial charge < -0.3 is 14.7 Å². The maximum atomic E-state index is 12.0. The molecule has 0 saturated carbocycles. The lowest BCUT2D eigenvalue weighted by molar-refractivity contribution is 0.107. The molecule has 0 saturated heterocycles. The van der Waals surface area contributed by atoms with E-state index in [2.05, 4.69) is 6.92 Å². The number of hydrogen-bond acceptors (Lipinski definition) is 3. The van der Waals surface area contributed by atoms with Crippen molar-refractivity contribution >= 4 is 6.09 Å². The summed E-state index contributed by atoms with van der Waals surface area (Å²) in [5.74, 6) is 0. The van der Waals surface area contributed by atoms with Crippen molar-refractivity contribution in [3.05, 3.63) is 11.8 Å². The molecule has 0 fully saturated rings. The molecule has 0 aliphatic carbocycles. The van der Waals surface area contributed by atoms with Crippen LogP contribution in [0.4, 0.5) is 4.79 Å². The summed E-state index contributed by atoms with van der Waals surface area (Å²) in [5.41, 5.74) is 0.884. The minimum absolute atomic E-state index is 0.103. The van der Waals surface area contributed by atoms with E-state index in [1.54, 1.807) is 4.90 Å². The van der Waals surface area contributed by atoms with E-state index in [4.69, 9.17) is 4.74 Å². The molecule has 20 heavy (non-hydrogen) atoms. The summed E-state index contributed by atoms with van der Waals surface area (Å²) in [7, 11) is 0. The van der Waals surface area contributed by atoms with Gasteiger partial charge in [-0.1, -0.05) is 19.8 Å². The summed E-state index contributed by atoms with van der Waals surface area (Å²) in [5, 5.41) is 9.81. The van der Waals surface area contributed by atoms with Crippen LogP contribution >= 0.6 is 0 Å². The summed E-state index contributed by atoms with van der Waals surface area (Å²) in [4.78, 5) is 13.7. The van der Waals surface area contributed by atoms with Crippen molar-refractivity contribution in [1.82, 2.24) is 4.90 Å². The predicted octanol–water partition coefficient (Wildman–Crippen LogP) is 4.09. The second-order valence-electron chi connectivity index (χ2n) is 5.94. The number of amides is 1. The van der Waals surface area contributed by atoms with Gasteiger partial charge in [0.1, 0.15) is 0 Å². The zero-order valence-electron chi connectivity index (χ0n) is 13.8. The first-order valence-corrected chi connectivity index (χ1v) is 7.62. The maximum Gasteiger partial charge on any atom is 0.415 e. The van der Waals surface area contributed by atoms with E-state index in [1.165, 1.54) is 6.26 Å². The third-order valence-electron chi connectivity index (χ3n) is 3.13. The molecule has 4 heteroatoms. The molecule has 0 heterocycles. The Morgan fingerprint density at radius 1 is 1.25 bits per heavy atom. The fourth-order valence-corrected chi connectivity index (χ4v) is 2.19. The minimum Gasteiger partial charge on any atom is -0.418 e. The molecule has 0 bridgehead atoms. The first-order chi connectivity index (χ1) is 9.29. The molecule has 0 radical (unpaired) electrons. The van der Waals surface area contributed by atoms with Crippen LogP contribution in [0.5, 0.6) is 0 Å². The van der Waals surface area contributed by atoms with Crippen molar-refractivity contribution in [1.29, 1.82) is 0 Å². The number of ether oxygens (including phenoxy) is 1. The highest BCUT2D eigenvalue weighted by Crippen LogP contribution is 2.12. The van der Waals surface area contributed by atoms with Gasteiger partial charge in [0.2, 0.25) is 0 Å². The van der Waals surface area contributed by atoms with Gasteiger partial charge in [-0.25, -0.2) is 4.79 Å². The molecule has 1 amide bonds. The molecule has 0 aliphatic rings. The first-order valence-electron chi connectivity index (χ1n) is 7.62. The number of aliphatic hydroxyl groups is 1. The van der Waals surface area contributed by atoms with E-state index >= 15 is 0 Å². The molecule has 0 aromatic carbocycles. The number of carbonyl (C=O) groups excluding carboxylic acids is 1. The third-order valence-corrected chi connectivity index (χ3v) is 3.13. The van der Waals surface area contributed by atoms with Gasteiger partial charge in [0.15, 0.2) is 0 Å². The SMILES string of the molecule is CCCCC(O)C/C(C)=C\OC(=O)N(C(C)C)C(C)C. The average Bonchev–Trinajstić information content (AvgIpc) is 2.33. The molecule has 0 rings (SSSR count). The molecule has 4 nitrogen and oxygen atoms in total. The summed E-state index contributed by atoms with van der Waals surface area (Å²) in [6, 6.07) is 0.206. The highest BCUT2D eigenvalue weighted by Gasteiger charge is 2.20. The van der Waals surface area contributed by atoms with Crippen LogP contribution in [0.25, 0.3) is 0 Å². The van der Waals surface area contributed by atoms with Crippen molar-refractivity contribution < 1.29 is 14.6 Å². The van der Waals surface area contributed by atoms with E-state index in [1.807, 2.05) is 34.6 Å². The Labute approximate surface area is 123 Å². The maximum absolute atomic E-state index is 12.0. The highest BCUT2D eigenvalue weighted by atomic mass is 16.5. The van der Waals surface area contributed by atoms with E-state index in [0.717, 1.165) is 24.8 Å². The Kier molecular flexibility index (Phi) is 9.30. The Hall–Kier alpha value is -1.03. The number of rotatable bonds is 8. The van der Waals surface area contributed by atoms with E-state index in [9.17, 15) is 9.90 Å². The molecule has 1 atom stereocenters. The smallest absolute Gasteiger partial charge is 0.415 e. The van der Waals surface area contributed by atoms with Crippen molar-refractivity contribution in [2.24, 2.45) is 0 Å². The van der Waals surface area contributed by atoms with E-state index in [0.29, 0.717) is 6.42 Å². The summed E-state index contributed by atoms with van der Waals surface area (Å²) in [6.45, 7) is 11.8. The van der Waals surface area contributed by atoms with Crippen LogP contribution in [-0.4, -0.2) is 34.3 Å². The zero-order valence-corrected chi connectivity index (χ0v) is 13.8. The lowest BCUT2D eigenvalue weighted by atomic mass is 10.1. The first kappa shape index (κ1) is 19.0. The Morgan fingerprint density at radius 3 is 2.25 bits per heavy atom. The van der Waals surface area contributed by atoms with Crippen LogP contribution in [0.3, 0.4) is 0 Å². The molecule has 118 valence electrons. The standard InChI is InChI=1S/C16H31NO3/c1-7-8-9-15(18)10-14(6)11-20-16(19)17(12(2)3)13(4)5/h11-13,15,18H,7-10H2,1-6H3/b14-11-. The summed E-state index contributed by atoms with van der Waals surface area (Å²) in [6.07, 6.45) is 4.22. The lowest BCUT2D eigenvalue weighted by Gasteiger charge is -2.29. The summed E-state index contributed by atoms with van der Waals surface area (Å²) < 4.78 is 5.21. The molecule has 1 N–H and O–H groups in total. The van der Waals surface area contributed by atoms with Gasteiger partial charge in [-0.2, -0.15) is 0 Å². The largest absolute Gasteiger partial charge is 0.418 e. The monoisotopic (exact) mass is 285 g/mol. The molecular formula is C16H31NO3. The van der Waals surface area contributed by atoms with Gasteiger partial charge in [-0.15, -0.1) is 0 Å². The third kappa shape index (κ3) is 7.53. The van der Waals surface area contributed by atoms with Crippen LogP contribution in [0, 0.1) is 0 Å². The fraction of sp³-hybridized carbons (Fsp3) is 0.812. The quantitative estimate of drug-likeness (QED) is 0.683.